The van der Waals surface area contributed by atoms with Crippen molar-refractivity contribution in [2.75, 3.05) is 6.61 Å². The van der Waals surface area contributed by atoms with E-state index in [0.29, 0.717) is 17.3 Å². The Hall–Kier alpha value is -1.65. The Balaban J connectivity index is 2.28. The van der Waals surface area contributed by atoms with Crippen LogP contribution < -0.4 is 5.73 Å². The van der Waals surface area contributed by atoms with Gasteiger partial charge in [-0.3, -0.25) is 4.79 Å². The molecule has 2 rings (SSSR count). The lowest BCUT2D eigenvalue weighted by atomic mass is 10.0. The van der Waals surface area contributed by atoms with Gasteiger partial charge in [-0.25, -0.2) is 4.98 Å². The quantitative estimate of drug-likeness (QED) is 0.690. The Labute approximate surface area is 116 Å². The van der Waals surface area contributed by atoms with Crippen molar-refractivity contribution in [1.29, 1.82) is 0 Å². The number of carbonyl (C=O) groups excluding carboxylic acids is 1. The molecule has 0 spiro atoms. The van der Waals surface area contributed by atoms with E-state index >= 15 is 0 Å². The van der Waals surface area contributed by atoms with E-state index in [9.17, 15) is 4.79 Å². The molecule has 0 saturated heterocycles. The summed E-state index contributed by atoms with van der Waals surface area (Å²) in [6, 6.07) is 8.97. The van der Waals surface area contributed by atoms with Gasteiger partial charge in [0.05, 0.1) is 18.5 Å². The maximum absolute atomic E-state index is 11.4. The highest BCUT2D eigenvalue weighted by Crippen LogP contribution is 2.26. The monoisotopic (exact) mass is 278 g/mol. The fourth-order valence-electron chi connectivity index (χ4n) is 1.88. The average molecular weight is 279 g/mol. The molecule has 1 aromatic heterocycles. The molecule has 0 amide bonds. The lowest BCUT2D eigenvalue weighted by Crippen LogP contribution is -2.18. The van der Waals surface area contributed by atoms with Gasteiger partial charge in [0.25, 0.3) is 0 Å². The highest BCUT2D eigenvalue weighted by Gasteiger charge is 2.16. The van der Waals surface area contributed by atoms with Gasteiger partial charge in [-0.1, -0.05) is 29.8 Å². The van der Waals surface area contributed by atoms with Gasteiger partial charge in [-0.15, -0.1) is 0 Å². The molecular weight excluding hydrogens is 264 g/mol. The van der Waals surface area contributed by atoms with Gasteiger partial charge in [0, 0.05) is 17.0 Å². The van der Waals surface area contributed by atoms with Crippen molar-refractivity contribution in [1.82, 2.24) is 4.98 Å². The number of nitrogens with two attached hydrogens (primary N) is 1. The van der Waals surface area contributed by atoms with Crippen LogP contribution in [0.15, 0.2) is 30.3 Å². The van der Waals surface area contributed by atoms with Crippen molar-refractivity contribution in [2.24, 2.45) is 5.73 Å². The summed E-state index contributed by atoms with van der Waals surface area (Å²) in [7, 11) is 0. The summed E-state index contributed by atoms with van der Waals surface area (Å²) < 4.78 is 4.88. The number of hydrogen-bond donors (Lipinski definition) is 1. The first kappa shape index (κ1) is 13.8. The number of fused-ring (bicyclic) bond motifs is 1. The van der Waals surface area contributed by atoms with Crippen LogP contribution in [0, 0.1) is 0 Å². The molecule has 5 heteroatoms. The van der Waals surface area contributed by atoms with Gasteiger partial charge < -0.3 is 10.5 Å². The molecule has 1 heterocycles. The summed E-state index contributed by atoms with van der Waals surface area (Å²) in [4.78, 5) is 15.7. The Morgan fingerprint density at radius 1 is 1.47 bits per heavy atom. The summed E-state index contributed by atoms with van der Waals surface area (Å²) in [5.41, 5.74) is 7.46. The molecule has 0 fully saturated rings. The van der Waals surface area contributed by atoms with Crippen molar-refractivity contribution < 1.29 is 9.53 Å². The number of ether oxygens (including phenoxy) is 1. The number of nitrogens with zero attached hydrogens (tertiary/aromatic N) is 1. The van der Waals surface area contributed by atoms with Gasteiger partial charge >= 0.3 is 5.97 Å². The lowest BCUT2D eigenvalue weighted by molar-refractivity contribution is -0.143. The second kappa shape index (κ2) is 5.99. The zero-order valence-corrected chi connectivity index (χ0v) is 11.4. The van der Waals surface area contributed by atoms with E-state index in [0.717, 1.165) is 10.9 Å². The number of para-hydroxylation sites is 1. The van der Waals surface area contributed by atoms with Crippen molar-refractivity contribution in [3.05, 3.63) is 41.0 Å². The summed E-state index contributed by atoms with van der Waals surface area (Å²) in [5, 5.41) is 1.27. The maximum Gasteiger partial charge on any atom is 0.307 e. The molecule has 4 nitrogen and oxygen atoms in total. The highest BCUT2D eigenvalue weighted by molar-refractivity contribution is 6.30. The van der Waals surface area contributed by atoms with E-state index in [1.807, 2.05) is 30.3 Å². The maximum atomic E-state index is 11.4. The molecule has 1 atom stereocenters. The number of aromatic nitrogens is 1. The van der Waals surface area contributed by atoms with Crippen LogP contribution in [-0.4, -0.2) is 17.6 Å². The van der Waals surface area contributed by atoms with Crippen LogP contribution in [0.2, 0.25) is 5.15 Å². The van der Waals surface area contributed by atoms with Gasteiger partial charge in [-0.05, 0) is 19.1 Å². The summed E-state index contributed by atoms with van der Waals surface area (Å²) in [6.07, 6.45) is 0.0909. The van der Waals surface area contributed by atoms with Crippen LogP contribution >= 0.6 is 11.6 Å². The summed E-state index contributed by atoms with van der Waals surface area (Å²) >= 11 is 6.12. The van der Waals surface area contributed by atoms with Crippen LogP contribution in [0.4, 0.5) is 0 Å². The van der Waals surface area contributed by atoms with Crippen LogP contribution in [0.1, 0.15) is 24.9 Å². The predicted octanol–water partition coefficient (Wildman–Crippen LogP) is 2.84. The highest BCUT2D eigenvalue weighted by atomic mass is 35.5. The van der Waals surface area contributed by atoms with Gasteiger partial charge in [0.1, 0.15) is 5.15 Å². The summed E-state index contributed by atoms with van der Waals surface area (Å²) in [5.74, 6) is -0.334. The molecule has 0 aliphatic carbocycles. The minimum absolute atomic E-state index is 0.0909. The molecule has 0 radical (unpaired) electrons. The van der Waals surface area contributed by atoms with E-state index in [1.165, 1.54) is 0 Å². The topological polar surface area (TPSA) is 65.2 Å². The smallest absolute Gasteiger partial charge is 0.307 e. The number of esters is 1. The van der Waals surface area contributed by atoms with E-state index in [1.54, 1.807) is 6.92 Å². The Kier molecular flexibility index (Phi) is 4.35. The Bertz CT molecular complexity index is 601. The second-order valence-corrected chi connectivity index (χ2v) is 4.53. The molecule has 0 aliphatic rings. The zero-order chi connectivity index (χ0) is 13.8. The van der Waals surface area contributed by atoms with Crippen molar-refractivity contribution in [2.45, 2.75) is 19.4 Å². The fourth-order valence-corrected chi connectivity index (χ4v) is 2.16. The molecular formula is C14H15ClN2O2. The van der Waals surface area contributed by atoms with E-state index in [4.69, 9.17) is 22.1 Å². The van der Waals surface area contributed by atoms with Gasteiger partial charge in [0.15, 0.2) is 0 Å². The van der Waals surface area contributed by atoms with Crippen molar-refractivity contribution in [3.63, 3.8) is 0 Å². The molecule has 0 bridgehead atoms. The van der Waals surface area contributed by atoms with E-state index in [2.05, 4.69) is 4.98 Å². The summed E-state index contributed by atoms with van der Waals surface area (Å²) in [6.45, 7) is 2.10. The second-order valence-electron chi connectivity index (χ2n) is 4.18. The molecule has 100 valence electrons. The third-order valence-electron chi connectivity index (χ3n) is 2.80. The fraction of sp³-hybridized carbons (Fsp3) is 0.286. The zero-order valence-electron chi connectivity index (χ0n) is 10.6. The first-order valence-corrected chi connectivity index (χ1v) is 6.46. The van der Waals surface area contributed by atoms with Crippen LogP contribution in [-0.2, 0) is 9.53 Å². The third kappa shape index (κ3) is 3.22. The SMILES string of the molecule is CCOC(=O)C[C@@H](N)c1cc2ccccc2nc1Cl. The number of halogens is 1. The largest absolute Gasteiger partial charge is 0.466 e. The van der Waals surface area contributed by atoms with Gasteiger partial charge in [-0.2, -0.15) is 0 Å². The molecule has 0 saturated carbocycles. The predicted molar refractivity (Wildman–Crippen MR) is 74.9 cm³/mol. The van der Waals surface area contributed by atoms with Crippen LogP contribution in [0.5, 0.6) is 0 Å². The molecule has 0 unspecified atom stereocenters. The third-order valence-corrected chi connectivity index (χ3v) is 3.10. The minimum Gasteiger partial charge on any atom is -0.466 e. The first-order valence-electron chi connectivity index (χ1n) is 6.08. The molecule has 2 N–H and O–H groups in total. The number of rotatable bonds is 4. The van der Waals surface area contributed by atoms with Crippen LogP contribution in [0.3, 0.4) is 0 Å². The average Bonchev–Trinajstić information content (AvgIpc) is 2.38. The number of carbonyl (C=O) groups is 1. The van der Waals surface area contributed by atoms with E-state index < -0.39 is 6.04 Å². The van der Waals surface area contributed by atoms with Crippen molar-refractivity contribution in [3.8, 4) is 0 Å². The Morgan fingerprint density at radius 2 is 2.21 bits per heavy atom. The minimum atomic E-state index is -0.511. The number of pyridine rings is 1. The van der Waals surface area contributed by atoms with Crippen LogP contribution in [0.25, 0.3) is 10.9 Å². The number of hydrogen-bond acceptors (Lipinski definition) is 4. The van der Waals surface area contributed by atoms with E-state index in [-0.39, 0.29) is 12.4 Å². The molecule has 1 aromatic carbocycles. The number of benzene rings is 1. The Morgan fingerprint density at radius 3 is 2.95 bits per heavy atom. The molecule has 19 heavy (non-hydrogen) atoms. The van der Waals surface area contributed by atoms with Crippen molar-refractivity contribution >= 4 is 28.5 Å². The van der Waals surface area contributed by atoms with Gasteiger partial charge in [0.2, 0.25) is 0 Å². The molecule has 0 aliphatic heterocycles. The molecule has 2 aromatic rings. The lowest BCUT2D eigenvalue weighted by Gasteiger charge is -2.13. The first-order chi connectivity index (χ1) is 9.11. The normalized spacial score (nSPS) is 12.4. The standard InChI is InChI=1S/C14H15ClN2O2/c1-2-19-13(18)8-11(16)10-7-9-5-3-4-6-12(9)17-14(10)15/h3-7,11H,2,8,16H2,1H3/t11-/m1/s1.